The highest BCUT2D eigenvalue weighted by atomic mass is 79.9. The number of nitrogens with one attached hydrogen (secondary N) is 2. The number of halogens is 1. The van der Waals surface area contributed by atoms with Gasteiger partial charge in [0.15, 0.2) is 0 Å². The van der Waals surface area contributed by atoms with Crippen molar-refractivity contribution in [3.8, 4) is 0 Å². The van der Waals surface area contributed by atoms with Crippen molar-refractivity contribution in [2.75, 3.05) is 6.54 Å². The normalized spacial score (nSPS) is 12.1. The molecular weight excluding hydrogens is 320 g/mol. The third kappa shape index (κ3) is 5.33. The molecule has 1 atom stereocenters. The van der Waals surface area contributed by atoms with E-state index in [9.17, 15) is 9.59 Å². The number of benzene rings is 1. The Kier molecular flexibility index (Phi) is 6.20. The molecule has 0 spiro atoms. The average Bonchev–Trinajstić information content (AvgIpc) is 2.34. The fourth-order valence-corrected chi connectivity index (χ4v) is 2.28. The minimum atomic E-state index is -0.555. The lowest BCUT2D eigenvalue weighted by Crippen LogP contribution is -2.45. The molecule has 1 unspecified atom stereocenters. The highest BCUT2D eigenvalue weighted by molar-refractivity contribution is 9.10. The molecule has 0 aliphatic carbocycles. The summed E-state index contributed by atoms with van der Waals surface area (Å²) in [5.41, 5.74) is 1.53. The van der Waals surface area contributed by atoms with E-state index in [-0.39, 0.29) is 11.8 Å². The van der Waals surface area contributed by atoms with Crippen molar-refractivity contribution in [3.63, 3.8) is 0 Å². The van der Waals surface area contributed by atoms with Gasteiger partial charge < -0.3 is 10.6 Å². The third-order valence-corrected chi connectivity index (χ3v) is 3.19. The molecule has 5 heteroatoms. The van der Waals surface area contributed by atoms with Crippen LogP contribution in [0.25, 0.3) is 0 Å². The van der Waals surface area contributed by atoms with Crippen LogP contribution in [-0.2, 0) is 4.79 Å². The molecule has 0 radical (unpaired) electrons. The first-order valence-corrected chi connectivity index (χ1v) is 7.44. The van der Waals surface area contributed by atoms with E-state index in [1.54, 1.807) is 19.1 Å². The minimum Gasteiger partial charge on any atom is -0.354 e. The largest absolute Gasteiger partial charge is 0.354 e. The maximum absolute atomic E-state index is 12.1. The number of hydrogen-bond acceptors (Lipinski definition) is 2. The van der Waals surface area contributed by atoms with Crippen molar-refractivity contribution in [1.29, 1.82) is 0 Å². The first kappa shape index (κ1) is 16.7. The van der Waals surface area contributed by atoms with Gasteiger partial charge in [0.1, 0.15) is 6.04 Å². The molecule has 1 aromatic carbocycles. The Labute approximate surface area is 128 Å². The molecule has 0 saturated heterocycles. The van der Waals surface area contributed by atoms with Crippen molar-refractivity contribution < 1.29 is 9.59 Å². The molecule has 0 saturated carbocycles. The molecule has 1 rings (SSSR count). The number of carbonyl (C=O) groups is 2. The van der Waals surface area contributed by atoms with Crippen LogP contribution in [-0.4, -0.2) is 24.4 Å². The molecule has 0 aromatic heterocycles. The second kappa shape index (κ2) is 7.43. The van der Waals surface area contributed by atoms with Gasteiger partial charge in [-0.3, -0.25) is 9.59 Å². The van der Waals surface area contributed by atoms with E-state index in [2.05, 4.69) is 26.6 Å². The maximum Gasteiger partial charge on any atom is 0.251 e. The SMILES string of the molecule is Cc1cc(Br)cc(C(=O)NC(C)C(=O)NCC(C)C)c1. The summed E-state index contributed by atoms with van der Waals surface area (Å²) in [6.07, 6.45) is 0. The van der Waals surface area contributed by atoms with E-state index < -0.39 is 6.04 Å². The number of aryl methyl sites for hydroxylation is 1. The van der Waals surface area contributed by atoms with Crippen LogP contribution in [0.4, 0.5) is 0 Å². The number of rotatable bonds is 5. The standard InChI is InChI=1S/C15H21BrN2O2/c1-9(2)8-17-14(19)11(4)18-15(20)12-5-10(3)6-13(16)7-12/h5-7,9,11H,8H2,1-4H3,(H,17,19)(H,18,20). The van der Waals surface area contributed by atoms with E-state index >= 15 is 0 Å². The van der Waals surface area contributed by atoms with Gasteiger partial charge in [0.2, 0.25) is 5.91 Å². The summed E-state index contributed by atoms with van der Waals surface area (Å²) in [5.74, 6) is -0.0325. The second-order valence-electron chi connectivity index (χ2n) is 5.35. The van der Waals surface area contributed by atoms with Gasteiger partial charge in [-0.1, -0.05) is 29.8 Å². The van der Waals surface area contributed by atoms with Crippen LogP contribution in [0.5, 0.6) is 0 Å². The van der Waals surface area contributed by atoms with Crippen LogP contribution >= 0.6 is 15.9 Å². The molecule has 110 valence electrons. The molecule has 0 aliphatic rings. The topological polar surface area (TPSA) is 58.2 Å². The van der Waals surface area contributed by atoms with Crippen molar-refractivity contribution in [2.24, 2.45) is 5.92 Å². The lowest BCUT2D eigenvalue weighted by molar-refractivity contribution is -0.122. The Morgan fingerprint density at radius 2 is 1.85 bits per heavy atom. The van der Waals surface area contributed by atoms with Crippen molar-refractivity contribution in [3.05, 3.63) is 33.8 Å². The minimum absolute atomic E-state index is 0.168. The molecule has 1 aromatic rings. The third-order valence-electron chi connectivity index (χ3n) is 2.73. The number of hydrogen-bond donors (Lipinski definition) is 2. The van der Waals surface area contributed by atoms with E-state index in [1.807, 2.05) is 26.8 Å². The van der Waals surface area contributed by atoms with Gasteiger partial charge in [-0.2, -0.15) is 0 Å². The monoisotopic (exact) mass is 340 g/mol. The maximum atomic E-state index is 12.1. The molecule has 20 heavy (non-hydrogen) atoms. The fraction of sp³-hybridized carbons (Fsp3) is 0.467. The fourth-order valence-electron chi connectivity index (χ4n) is 1.67. The van der Waals surface area contributed by atoms with E-state index in [0.717, 1.165) is 10.0 Å². The number of amides is 2. The lowest BCUT2D eigenvalue weighted by Gasteiger charge is -2.15. The molecule has 4 nitrogen and oxygen atoms in total. The molecular formula is C15H21BrN2O2. The Balaban J connectivity index is 2.63. The zero-order valence-electron chi connectivity index (χ0n) is 12.3. The van der Waals surface area contributed by atoms with Gasteiger partial charge in [0.05, 0.1) is 0 Å². The summed E-state index contributed by atoms with van der Waals surface area (Å²) in [6, 6.07) is 4.90. The second-order valence-corrected chi connectivity index (χ2v) is 6.27. The van der Waals surface area contributed by atoms with Crippen LogP contribution in [0.3, 0.4) is 0 Å². The lowest BCUT2D eigenvalue weighted by atomic mass is 10.1. The quantitative estimate of drug-likeness (QED) is 0.865. The van der Waals surface area contributed by atoms with Gasteiger partial charge in [0, 0.05) is 16.6 Å². The molecule has 0 fully saturated rings. The summed E-state index contributed by atoms with van der Waals surface area (Å²) < 4.78 is 0.847. The molecule has 0 heterocycles. The number of carbonyl (C=O) groups excluding carboxylic acids is 2. The summed E-state index contributed by atoms with van der Waals surface area (Å²) in [4.78, 5) is 23.9. The van der Waals surface area contributed by atoms with Crippen LogP contribution in [0, 0.1) is 12.8 Å². The van der Waals surface area contributed by atoms with E-state index in [0.29, 0.717) is 18.0 Å². The zero-order chi connectivity index (χ0) is 15.3. The van der Waals surface area contributed by atoms with Crippen LogP contribution in [0.2, 0.25) is 0 Å². The van der Waals surface area contributed by atoms with Crippen LogP contribution < -0.4 is 10.6 Å². The summed E-state index contributed by atoms with van der Waals surface area (Å²) in [6.45, 7) is 8.25. The van der Waals surface area contributed by atoms with Gasteiger partial charge in [0.25, 0.3) is 5.91 Å². The van der Waals surface area contributed by atoms with E-state index in [1.165, 1.54) is 0 Å². The zero-order valence-corrected chi connectivity index (χ0v) is 13.9. The van der Waals surface area contributed by atoms with Gasteiger partial charge in [-0.15, -0.1) is 0 Å². The molecule has 0 aliphatic heterocycles. The summed E-state index contributed by atoms with van der Waals surface area (Å²) in [7, 11) is 0. The Bertz CT molecular complexity index is 480. The smallest absolute Gasteiger partial charge is 0.251 e. The Morgan fingerprint density at radius 1 is 1.20 bits per heavy atom. The van der Waals surface area contributed by atoms with Crippen LogP contribution in [0.15, 0.2) is 22.7 Å². The summed E-state index contributed by atoms with van der Waals surface area (Å²) in [5, 5.41) is 5.50. The Morgan fingerprint density at radius 3 is 2.40 bits per heavy atom. The predicted molar refractivity (Wildman–Crippen MR) is 83.7 cm³/mol. The van der Waals surface area contributed by atoms with Gasteiger partial charge in [-0.05, 0) is 43.5 Å². The predicted octanol–water partition coefficient (Wildman–Crippen LogP) is 2.65. The highest BCUT2D eigenvalue weighted by Gasteiger charge is 2.16. The Hall–Kier alpha value is -1.36. The molecule has 0 bridgehead atoms. The van der Waals surface area contributed by atoms with Gasteiger partial charge >= 0.3 is 0 Å². The highest BCUT2D eigenvalue weighted by Crippen LogP contribution is 2.15. The first-order chi connectivity index (χ1) is 9.29. The van der Waals surface area contributed by atoms with E-state index in [4.69, 9.17) is 0 Å². The summed E-state index contributed by atoms with van der Waals surface area (Å²) >= 11 is 3.36. The van der Waals surface area contributed by atoms with Crippen molar-refractivity contribution >= 4 is 27.7 Å². The van der Waals surface area contributed by atoms with Crippen LogP contribution in [0.1, 0.15) is 36.7 Å². The molecule has 2 N–H and O–H groups in total. The van der Waals surface area contributed by atoms with Crippen molar-refractivity contribution in [1.82, 2.24) is 10.6 Å². The van der Waals surface area contributed by atoms with Gasteiger partial charge in [-0.25, -0.2) is 0 Å². The van der Waals surface area contributed by atoms with Crippen molar-refractivity contribution in [2.45, 2.75) is 33.7 Å². The first-order valence-electron chi connectivity index (χ1n) is 6.65. The average molecular weight is 341 g/mol. The molecule has 2 amide bonds.